The van der Waals surface area contributed by atoms with Crippen LogP contribution in [0.5, 0.6) is 0 Å². The Morgan fingerprint density at radius 1 is 1.35 bits per heavy atom. The van der Waals surface area contributed by atoms with Crippen LogP contribution in [0.2, 0.25) is 0 Å². The number of piperidine rings is 1. The van der Waals surface area contributed by atoms with E-state index in [1.54, 1.807) is 0 Å². The van der Waals surface area contributed by atoms with E-state index in [1.807, 2.05) is 0 Å². The van der Waals surface area contributed by atoms with Gasteiger partial charge in [-0.15, -0.1) is 12.4 Å². The monoisotopic (exact) mass is 304 g/mol. The quantitative estimate of drug-likeness (QED) is 0.757. The van der Waals surface area contributed by atoms with Gasteiger partial charge >= 0.3 is 0 Å². The Labute approximate surface area is 131 Å². The molecule has 1 fully saturated rings. The Balaban J connectivity index is 0.00000361. The van der Waals surface area contributed by atoms with Crippen LogP contribution >= 0.6 is 12.4 Å². The highest BCUT2D eigenvalue weighted by Crippen LogP contribution is 2.22. The second-order valence-corrected chi connectivity index (χ2v) is 6.51. The Bertz CT molecular complexity index is 267. The maximum Gasteiger partial charge on any atom is 0.220 e. The highest BCUT2D eigenvalue weighted by atomic mass is 35.5. The van der Waals surface area contributed by atoms with E-state index < -0.39 is 0 Å². The number of carbonyl (C=O) groups excluding carboxylic acids is 1. The number of nitrogens with one attached hydrogen (secondary N) is 2. The van der Waals surface area contributed by atoms with Crippen LogP contribution in [-0.4, -0.2) is 25.0 Å². The zero-order chi connectivity index (χ0) is 14.3. The van der Waals surface area contributed by atoms with Gasteiger partial charge < -0.3 is 10.6 Å². The molecule has 0 bridgehead atoms. The van der Waals surface area contributed by atoms with Crippen molar-refractivity contribution in [3.8, 4) is 0 Å². The Kier molecular flexibility index (Phi) is 10.3. The number of rotatable bonds is 7. The van der Waals surface area contributed by atoms with Gasteiger partial charge in [0, 0.05) is 12.5 Å². The first-order valence-corrected chi connectivity index (χ1v) is 8.03. The first-order valence-electron chi connectivity index (χ1n) is 8.03. The van der Waals surface area contributed by atoms with E-state index in [0.717, 1.165) is 19.5 Å². The second kappa shape index (κ2) is 10.4. The van der Waals surface area contributed by atoms with Gasteiger partial charge in [-0.2, -0.15) is 0 Å². The van der Waals surface area contributed by atoms with Crippen molar-refractivity contribution >= 4 is 18.3 Å². The van der Waals surface area contributed by atoms with E-state index in [0.29, 0.717) is 30.2 Å². The SMILES string of the molecule is CCC(C)CC(C)NC(=O)CC(C)C1CCCNC1.Cl. The van der Waals surface area contributed by atoms with Gasteiger partial charge in [-0.05, 0) is 57.0 Å². The molecule has 4 atom stereocenters. The van der Waals surface area contributed by atoms with Crippen LogP contribution in [-0.2, 0) is 4.79 Å². The van der Waals surface area contributed by atoms with Crippen LogP contribution in [0.15, 0.2) is 0 Å². The first kappa shape index (κ1) is 19.7. The average molecular weight is 305 g/mol. The van der Waals surface area contributed by atoms with Gasteiger partial charge in [0.25, 0.3) is 0 Å². The molecule has 1 aliphatic heterocycles. The standard InChI is InChI=1S/C16H32N2O.ClH/c1-5-12(2)9-14(4)18-16(19)10-13(3)15-7-6-8-17-11-15;/h12-15,17H,5-11H2,1-4H3,(H,18,19);1H. The first-order chi connectivity index (χ1) is 9.02. The molecule has 0 radical (unpaired) electrons. The molecule has 0 aromatic heterocycles. The molecule has 1 saturated heterocycles. The fraction of sp³-hybridized carbons (Fsp3) is 0.938. The van der Waals surface area contributed by atoms with Crippen molar-refractivity contribution < 1.29 is 4.79 Å². The molecule has 0 aromatic rings. The summed E-state index contributed by atoms with van der Waals surface area (Å²) in [6.45, 7) is 11.0. The van der Waals surface area contributed by atoms with Gasteiger partial charge in [-0.25, -0.2) is 0 Å². The van der Waals surface area contributed by atoms with Crippen molar-refractivity contribution in [3.63, 3.8) is 0 Å². The van der Waals surface area contributed by atoms with Crippen LogP contribution in [0.3, 0.4) is 0 Å². The van der Waals surface area contributed by atoms with E-state index in [1.165, 1.54) is 19.3 Å². The summed E-state index contributed by atoms with van der Waals surface area (Å²) in [5.41, 5.74) is 0. The number of amides is 1. The van der Waals surface area contributed by atoms with E-state index in [-0.39, 0.29) is 18.3 Å². The lowest BCUT2D eigenvalue weighted by Gasteiger charge is -2.28. The normalized spacial score (nSPS) is 23.3. The average Bonchev–Trinajstić information content (AvgIpc) is 2.39. The number of hydrogen-bond donors (Lipinski definition) is 2. The Hall–Kier alpha value is -0.280. The molecular formula is C16H33ClN2O. The smallest absolute Gasteiger partial charge is 0.220 e. The van der Waals surface area contributed by atoms with Gasteiger partial charge in [0.05, 0.1) is 0 Å². The zero-order valence-corrected chi connectivity index (χ0v) is 14.4. The van der Waals surface area contributed by atoms with Crippen LogP contribution in [0, 0.1) is 17.8 Å². The molecule has 1 amide bonds. The summed E-state index contributed by atoms with van der Waals surface area (Å²) >= 11 is 0. The highest BCUT2D eigenvalue weighted by Gasteiger charge is 2.22. The lowest BCUT2D eigenvalue weighted by atomic mass is 9.85. The van der Waals surface area contributed by atoms with E-state index in [2.05, 4.69) is 38.3 Å². The van der Waals surface area contributed by atoms with Crippen molar-refractivity contribution in [2.24, 2.45) is 17.8 Å². The summed E-state index contributed by atoms with van der Waals surface area (Å²) in [7, 11) is 0. The zero-order valence-electron chi connectivity index (χ0n) is 13.6. The Morgan fingerprint density at radius 2 is 2.05 bits per heavy atom. The third kappa shape index (κ3) is 7.49. The predicted molar refractivity (Wildman–Crippen MR) is 88.3 cm³/mol. The number of halogens is 1. The van der Waals surface area contributed by atoms with E-state index in [9.17, 15) is 4.79 Å². The molecule has 0 spiro atoms. The third-order valence-corrected chi connectivity index (χ3v) is 4.51. The number of hydrogen-bond acceptors (Lipinski definition) is 2. The van der Waals surface area contributed by atoms with E-state index in [4.69, 9.17) is 0 Å². The predicted octanol–water partition coefficient (Wildman–Crippen LogP) is 3.37. The fourth-order valence-corrected chi connectivity index (χ4v) is 2.99. The fourth-order valence-electron chi connectivity index (χ4n) is 2.99. The summed E-state index contributed by atoms with van der Waals surface area (Å²) in [6.07, 6.45) is 5.47. The van der Waals surface area contributed by atoms with Crippen LogP contribution < -0.4 is 10.6 Å². The maximum atomic E-state index is 12.0. The van der Waals surface area contributed by atoms with Crippen molar-refractivity contribution in [2.75, 3.05) is 13.1 Å². The van der Waals surface area contributed by atoms with Gasteiger partial charge in [0.15, 0.2) is 0 Å². The molecule has 0 aromatic carbocycles. The summed E-state index contributed by atoms with van der Waals surface area (Å²) in [5, 5.41) is 6.59. The van der Waals surface area contributed by atoms with Crippen LogP contribution in [0.1, 0.15) is 59.8 Å². The summed E-state index contributed by atoms with van der Waals surface area (Å²) in [4.78, 5) is 12.0. The lowest BCUT2D eigenvalue weighted by molar-refractivity contribution is -0.123. The Morgan fingerprint density at radius 3 is 2.60 bits per heavy atom. The van der Waals surface area contributed by atoms with Crippen molar-refractivity contribution in [2.45, 2.75) is 65.8 Å². The minimum atomic E-state index is 0. The maximum absolute atomic E-state index is 12.0. The lowest BCUT2D eigenvalue weighted by Crippen LogP contribution is -2.38. The molecule has 0 saturated carbocycles. The molecule has 120 valence electrons. The summed E-state index contributed by atoms with van der Waals surface area (Å²) < 4.78 is 0. The topological polar surface area (TPSA) is 41.1 Å². The molecule has 0 aliphatic carbocycles. The van der Waals surface area contributed by atoms with E-state index >= 15 is 0 Å². The van der Waals surface area contributed by atoms with Gasteiger partial charge in [0.1, 0.15) is 0 Å². The minimum absolute atomic E-state index is 0. The van der Waals surface area contributed by atoms with Gasteiger partial charge in [-0.3, -0.25) is 4.79 Å². The van der Waals surface area contributed by atoms with Crippen molar-refractivity contribution in [1.29, 1.82) is 0 Å². The molecule has 20 heavy (non-hydrogen) atoms. The molecule has 1 rings (SSSR count). The third-order valence-electron chi connectivity index (χ3n) is 4.51. The molecule has 4 heteroatoms. The summed E-state index contributed by atoms with van der Waals surface area (Å²) in [5.74, 6) is 2.08. The number of carbonyl (C=O) groups is 1. The molecular weight excluding hydrogens is 272 g/mol. The largest absolute Gasteiger partial charge is 0.354 e. The molecule has 1 heterocycles. The second-order valence-electron chi connectivity index (χ2n) is 6.51. The van der Waals surface area contributed by atoms with Crippen molar-refractivity contribution in [3.05, 3.63) is 0 Å². The van der Waals surface area contributed by atoms with Crippen LogP contribution in [0.4, 0.5) is 0 Å². The molecule has 3 nitrogen and oxygen atoms in total. The highest BCUT2D eigenvalue weighted by molar-refractivity contribution is 5.85. The molecule has 2 N–H and O–H groups in total. The van der Waals surface area contributed by atoms with Gasteiger partial charge in [-0.1, -0.05) is 27.2 Å². The molecule has 4 unspecified atom stereocenters. The van der Waals surface area contributed by atoms with Crippen LogP contribution in [0.25, 0.3) is 0 Å². The minimum Gasteiger partial charge on any atom is -0.354 e. The van der Waals surface area contributed by atoms with Crippen molar-refractivity contribution in [1.82, 2.24) is 10.6 Å². The summed E-state index contributed by atoms with van der Waals surface area (Å²) in [6, 6.07) is 0.305. The van der Waals surface area contributed by atoms with Gasteiger partial charge in [0.2, 0.25) is 5.91 Å². The molecule has 1 aliphatic rings.